The Bertz CT molecular complexity index is 684. The number of aryl methyl sites for hydroxylation is 1. The summed E-state index contributed by atoms with van der Waals surface area (Å²) in [4.78, 5) is 5.37. The van der Waals surface area contributed by atoms with E-state index in [0.717, 1.165) is 43.3 Å². The van der Waals surface area contributed by atoms with E-state index in [2.05, 4.69) is 21.8 Å². The largest absolute Gasteiger partial charge is 0.369 e. The highest BCUT2D eigenvalue weighted by molar-refractivity contribution is 7.84. The molecular formula is C18H25N3O2S. The van der Waals surface area contributed by atoms with Gasteiger partial charge < -0.3 is 14.6 Å². The SMILES string of the molecule is CCn1ccnc1[C@H]1OCCC[C@@H]1NCc1ccc([S@](C)=O)cc1. The predicted molar refractivity (Wildman–Crippen MR) is 95.2 cm³/mol. The summed E-state index contributed by atoms with van der Waals surface area (Å²) in [7, 11) is -0.927. The van der Waals surface area contributed by atoms with Crippen LogP contribution in [0.4, 0.5) is 0 Å². The average molecular weight is 347 g/mol. The Kier molecular flexibility index (Phi) is 5.81. The normalized spacial score (nSPS) is 22.4. The highest BCUT2D eigenvalue weighted by Gasteiger charge is 2.30. The van der Waals surface area contributed by atoms with Gasteiger partial charge in [0, 0.05) is 60.1 Å². The smallest absolute Gasteiger partial charge is 0.139 e. The molecule has 1 N–H and O–H groups in total. The third kappa shape index (κ3) is 3.94. The quantitative estimate of drug-likeness (QED) is 0.873. The van der Waals surface area contributed by atoms with Gasteiger partial charge in [0.05, 0.1) is 0 Å². The van der Waals surface area contributed by atoms with Gasteiger partial charge in [-0.05, 0) is 37.5 Å². The van der Waals surface area contributed by atoms with Crippen molar-refractivity contribution in [3.8, 4) is 0 Å². The van der Waals surface area contributed by atoms with Gasteiger partial charge in [-0.25, -0.2) is 4.98 Å². The molecule has 1 saturated heterocycles. The summed E-state index contributed by atoms with van der Waals surface area (Å²) >= 11 is 0. The van der Waals surface area contributed by atoms with Crippen LogP contribution < -0.4 is 5.32 Å². The number of aromatic nitrogens is 2. The number of hydrogen-bond acceptors (Lipinski definition) is 4. The molecule has 0 unspecified atom stereocenters. The van der Waals surface area contributed by atoms with Crippen LogP contribution in [0.2, 0.25) is 0 Å². The third-order valence-electron chi connectivity index (χ3n) is 4.49. The van der Waals surface area contributed by atoms with Crippen molar-refractivity contribution in [1.29, 1.82) is 0 Å². The van der Waals surface area contributed by atoms with Gasteiger partial charge >= 0.3 is 0 Å². The second-order valence-electron chi connectivity index (χ2n) is 6.09. The van der Waals surface area contributed by atoms with Gasteiger partial charge in [-0.2, -0.15) is 0 Å². The molecule has 5 nitrogen and oxygen atoms in total. The lowest BCUT2D eigenvalue weighted by atomic mass is 10.0. The first kappa shape index (κ1) is 17.3. The first-order valence-electron chi connectivity index (χ1n) is 8.47. The third-order valence-corrected chi connectivity index (χ3v) is 5.42. The molecule has 3 rings (SSSR count). The summed E-state index contributed by atoms with van der Waals surface area (Å²) in [6.45, 7) is 4.58. The Morgan fingerprint density at radius 3 is 2.88 bits per heavy atom. The standard InChI is InChI=1S/C18H25N3O2S/c1-3-21-11-10-19-18(21)17-16(5-4-12-23-17)20-13-14-6-8-15(9-7-14)24(2)22/h6-11,16-17,20H,3-5,12-13H2,1-2H3/t16-,17-,24-/m0/s1. The summed E-state index contributed by atoms with van der Waals surface area (Å²) in [6.07, 6.45) is 7.70. The van der Waals surface area contributed by atoms with E-state index >= 15 is 0 Å². The Labute approximate surface area is 145 Å². The lowest BCUT2D eigenvalue weighted by molar-refractivity contribution is -0.0182. The van der Waals surface area contributed by atoms with E-state index in [4.69, 9.17) is 4.74 Å². The van der Waals surface area contributed by atoms with E-state index in [-0.39, 0.29) is 12.1 Å². The van der Waals surface area contributed by atoms with Gasteiger partial charge in [-0.1, -0.05) is 12.1 Å². The van der Waals surface area contributed by atoms with E-state index in [9.17, 15) is 4.21 Å². The van der Waals surface area contributed by atoms with E-state index < -0.39 is 10.8 Å². The average Bonchev–Trinajstić information content (AvgIpc) is 3.09. The van der Waals surface area contributed by atoms with Crippen LogP contribution in [0.1, 0.15) is 37.3 Å². The van der Waals surface area contributed by atoms with Crippen molar-refractivity contribution in [3.63, 3.8) is 0 Å². The van der Waals surface area contributed by atoms with Gasteiger partial charge in [-0.3, -0.25) is 4.21 Å². The van der Waals surface area contributed by atoms with Crippen LogP contribution in [0.3, 0.4) is 0 Å². The summed E-state index contributed by atoms with van der Waals surface area (Å²) in [5.41, 5.74) is 1.19. The number of rotatable bonds is 6. The van der Waals surface area contributed by atoms with Crippen LogP contribution in [-0.4, -0.2) is 32.7 Å². The second kappa shape index (κ2) is 8.05. The van der Waals surface area contributed by atoms with Crippen LogP contribution in [-0.2, 0) is 28.6 Å². The topological polar surface area (TPSA) is 56.1 Å². The predicted octanol–water partition coefficient (Wildman–Crippen LogP) is 2.65. The maximum Gasteiger partial charge on any atom is 0.139 e. The first-order valence-corrected chi connectivity index (χ1v) is 10.0. The zero-order valence-corrected chi connectivity index (χ0v) is 15.1. The molecule has 0 bridgehead atoms. The Morgan fingerprint density at radius 2 is 2.17 bits per heavy atom. The molecule has 3 atom stereocenters. The van der Waals surface area contributed by atoms with Gasteiger partial charge in [0.15, 0.2) is 0 Å². The molecule has 0 spiro atoms. The fraction of sp³-hybridized carbons (Fsp3) is 0.500. The van der Waals surface area contributed by atoms with E-state index in [0.29, 0.717) is 0 Å². The molecule has 2 heterocycles. The molecule has 1 aromatic carbocycles. The van der Waals surface area contributed by atoms with Gasteiger partial charge in [0.25, 0.3) is 0 Å². The second-order valence-corrected chi connectivity index (χ2v) is 7.47. The molecule has 1 aliphatic heterocycles. The van der Waals surface area contributed by atoms with Crippen LogP contribution in [0, 0.1) is 0 Å². The molecule has 24 heavy (non-hydrogen) atoms. The van der Waals surface area contributed by atoms with E-state index in [1.165, 1.54) is 5.56 Å². The number of imidazole rings is 1. The molecule has 1 aliphatic rings. The molecule has 1 fully saturated rings. The van der Waals surface area contributed by atoms with Crippen LogP contribution in [0.5, 0.6) is 0 Å². The molecule has 0 aliphatic carbocycles. The zero-order chi connectivity index (χ0) is 16.9. The van der Waals surface area contributed by atoms with Crippen molar-refractivity contribution < 1.29 is 8.95 Å². The summed E-state index contributed by atoms with van der Waals surface area (Å²) in [5, 5.41) is 3.62. The Morgan fingerprint density at radius 1 is 1.38 bits per heavy atom. The maximum atomic E-state index is 11.5. The Hall–Kier alpha value is -1.50. The first-order chi connectivity index (χ1) is 11.7. The number of ether oxygens (including phenoxy) is 1. The fourth-order valence-corrected chi connectivity index (χ4v) is 3.66. The molecule has 1 aromatic heterocycles. The number of nitrogens with zero attached hydrogens (tertiary/aromatic N) is 2. The van der Waals surface area contributed by atoms with Crippen molar-refractivity contribution in [3.05, 3.63) is 48.0 Å². The monoisotopic (exact) mass is 347 g/mol. The molecule has 0 radical (unpaired) electrons. The highest BCUT2D eigenvalue weighted by Crippen LogP contribution is 2.27. The highest BCUT2D eigenvalue weighted by atomic mass is 32.2. The molecular weight excluding hydrogens is 322 g/mol. The van der Waals surface area contributed by atoms with Crippen molar-refractivity contribution in [2.24, 2.45) is 0 Å². The lowest BCUT2D eigenvalue weighted by Gasteiger charge is -2.32. The van der Waals surface area contributed by atoms with Crippen molar-refractivity contribution in [1.82, 2.24) is 14.9 Å². The van der Waals surface area contributed by atoms with Crippen molar-refractivity contribution in [2.45, 2.75) is 49.9 Å². The van der Waals surface area contributed by atoms with Gasteiger partial charge in [0.2, 0.25) is 0 Å². The van der Waals surface area contributed by atoms with E-state index in [1.807, 2.05) is 36.7 Å². The van der Waals surface area contributed by atoms with Crippen molar-refractivity contribution in [2.75, 3.05) is 12.9 Å². The summed E-state index contributed by atoms with van der Waals surface area (Å²) in [6, 6.07) is 8.20. The van der Waals surface area contributed by atoms with Crippen LogP contribution in [0.15, 0.2) is 41.6 Å². The number of benzene rings is 1. The Balaban J connectivity index is 1.67. The molecule has 6 heteroatoms. The zero-order valence-electron chi connectivity index (χ0n) is 14.3. The fourth-order valence-electron chi connectivity index (χ4n) is 3.14. The molecule has 0 saturated carbocycles. The van der Waals surface area contributed by atoms with Crippen LogP contribution in [0.25, 0.3) is 0 Å². The lowest BCUT2D eigenvalue weighted by Crippen LogP contribution is -2.40. The maximum absolute atomic E-state index is 11.5. The van der Waals surface area contributed by atoms with Crippen LogP contribution >= 0.6 is 0 Å². The minimum absolute atomic E-state index is 0.00359. The van der Waals surface area contributed by atoms with Gasteiger partial charge in [0.1, 0.15) is 11.9 Å². The molecule has 0 amide bonds. The van der Waals surface area contributed by atoms with E-state index in [1.54, 1.807) is 6.26 Å². The molecule has 130 valence electrons. The van der Waals surface area contributed by atoms with Gasteiger partial charge in [-0.15, -0.1) is 0 Å². The minimum Gasteiger partial charge on any atom is -0.369 e. The molecule has 2 aromatic rings. The minimum atomic E-state index is -0.927. The summed E-state index contributed by atoms with van der Waals surface area (Å²) < 4.78 is 19.6. The van der Waals surface area contributed by atoms with Crippen molar-refractivity contribution >= 4 is 10.8 Å². The summed E-state index contributed by atoms with van der Waals surface area (Å²) in [5.74, 6) is 1.01. The number of nitrogens with one attached hydrogen (secondary N) is 1. The number of hydrogen-bond donors (Lipinski definition) is 1.